The SMILES string of the molecule is CO[C@@H]1CC[C@]2(c3cc([N+](=O)[O-])ccc3F)N=C(N(C(=O)O)C(C)(C)C)SC[C@@H]2C1. The van der Waals surface area contributed by atoms with Crippen molar-refractivity contribution in [1.29, 1.82) is 0 Å². The van der Waals surface area contributed by atoms with Crippen LogP contribution >= 0.6 is 11.8 Å². The van der Waals surface area contributed by atoms with Gasteiger partial charge in [0, 0.05) is 42.0 Å². The Kier molecular flexibility index (Phi) is 6.10. The fourth-order valence-corrected chi connectivity index (χ4v) is 5.77. The molecule has 3 rings (SSSR count). The molecular weight excluding hydrogens is 413 g/mol. The van der Waals surface area contributed by atoms with Crippen LogP contribution in [0.5, 0.6) is 0 Å². The average Bonchev–Trinajstić information content (AvgIpc) is 2.66. The predicted octanol–water partition coefficient (Wildman–Crippen LogP) is 4.63. The third-order valence-electron chi connectivity index (χ3n) is 5.79. The van der Waals surface area contributed by atoms with E-state index >= 15 is 4.39 Å². The van der Waals surface area contributed by atoms with Crippen LogP contribution in [-0.4, -0.2) is 50.7 Å². The minimum absolute atomic E-state index is 0.0135. The molecule has 164 valence electrons. The highest BCUT2D eigenvalue weighted by Gasteiger charge is 2.50. The second kappa shape index (κ2) is 8.14. The molecule has 0 aromatic heterocycles. The number of amidine groups is 1. The fraction of sp³-hybridized carbons (Fsp3) is 0.600. The number of benzene rings is 1. The lowest BCUT2D eigenvalue weighted by molar-refractivity contribution is -0.385. The van der Waals surface area contributed by atoms with Gasteiger partial charge in [-0.2, -0.15) is 0 Å². The summed E-state index contributed by atoms with van der Waals surface area (Å²) in [5.41, 5.74) is -1.90. The molecule has 0 saturated heterocycles. The molecule has 8 nitrogen and oxygen atoms in total. The summed E-state index contributed by atoms with van der Waals surface area (Å²) in [5.74, 6) is -0.202. The van der Waals surface area contributed by atoms with E-state index in [0.29, 0.717) is 25.0 Å². The zero-order valence-electron chi connectivity index (χ0n) is 17.4. The van der Waals surface area contributed by atoms with Gasteiger partial charge in [0.25, 0.3) is 5.69 Å². The van der Waals surface area contributed by atoms with Gasteiger partial charge in [0.2, 0.25) is 0 Å². The van der Waals surface area contributed by atoms with E-state index in [4.69, 9.17) is 9.73 Å². The molecule has 1 heterocycles. The molecule has 0 bridgehead atoms. The monoisotopic (exact) mass is 439 g/mol. The molecule has 1 fully saturated rings. The quantitative estimate of drug-likeness (QED) is 0.544. The lowest BCUT2D eigenvalue weighted by Crippen LogP contribution is -2.53. The Morgan fingerprint density at radius 1 is 1.47 bits per heavy atom. The molecule has 1 aromatic carbocycles. The van der Waals surface area contributed by atoms with E-state index < -0.39 is 27.9 Å². The number of fused-ring (bicyclic) bond motifs is 1. The molecule has 30 heavy (non-hydrogen) atoms. The number of nitro benzene ring substituents is 1. The van der Waals surface area contributed by atoms with Crippen LogP contribution in [0, 0.1) is 21.8 Å². The summed E-state index contributed by atoms with van der Waals surface area (Å²) in [6, 6.07) is 3.47. The first kappa shape index (κ1) is 22.5. The molecule has 3 atom stereocenters. The molecule has 1 aliphatic heterocycles. The molecular formula is C20H26FN3O5S. The van der Waals surface area contributed by atoms with E-state index in [9.17, 15) is 20.0 Å². The normalized spacial score (nSPS) is 26.5. The molecule has 1 aliphatic carbocycles. The van der Waals surface area contributed by atoms with Gasteiger partial charge in [0.05, 0.1) is 16.6 Å². The first-order chi connectivity index (χ1) is 14.0. The van der Waals surface area contributed by atoms with Crippen molar-refractivity contribution >= 4 is 28.7 Å². The summed E-state index contributed by atoms with van der Waals surface area (Å²) in [6.45, 7) is 5.29. The van der Waals surface area contributed by atoms with Gasteiger partial charge in [0.15, 0.2) is 5.17 Å². The van der Waals surface area contributed by atoms with Crippen molar-refractivity contribution in [2.24, 2.45) is 10.9 Å². The van der Waals surface area contributed by atoms with E-state index in [1.54, 1.807) is 27.9 Å². The number of carboxylic acid groups (broad SMARTS) is 1. The van der Waals surface area contributed by atoms with Crippen LogP contribution in [0.4, 0.5) is 14.9 Å². The highest BCUT2D eigenvalue weighted by atomic mass is 32.2. The van der Waals surface area contributed by atoms with Gasteiger partial charge in [0.1, 0.15) is 5.82 Å². The van der Waals surface area contributed by atoms with E-state index in [1.807, 2.05) is 0 Å². The van der Waals surface area contributed by atoms with Gasteiger partial charge in [-0.05, 0) is 46.1 Å². The van der Waals surface area contributed by atoms with Gasteiger partial charge < -0.3 is 9.84 Å². The number of thioether (sulfide) groups is 1. The van der Waals surface area contributed by atoms with Crippen LogP contribution in [0.1, 0.15) is 45.6 Å². The van der Waals surface area contributed by atoms with E-state index in [-0.39, 0.29) is 28.4 Å². The van der Waals surface area contributed by atoms with Gasteiger partial charge in [-0.3, -0.25) is 20.0 Å². The third kappa shape index (κ3) is 4.02. The van der Waals surface area contributed by atoms with Crippen molar-refractivity contribution in [3.63, 3.8) is 0 Å². The van der Waals surface area contributed by atoms with Gasteiger partial charge >= 0.3 is 6.09 Å². The van der Waals surface area contributed by atoms with Gasteiger partial charge in [-0.15, -0.1) is 0 Å². The second-order valence-corrected chi connectivity index (χ2v) is 9.66. The highest BCUT2D eigenvalue weighted by molar-refractivity contribution is 8.13. The third-order valence-corrected chi connectivity index (χ3v) is 6.89. The number of ether oxygens (including phenoxy) is 1. The zero-order valence-corrected chi connectivity index (χ0v) is 18.2. The summed E-state index contributed by atoms with van der Waals surface area (Å²) < 4.78 is 20.5. The Hall–Kier alpha value is -2.20. The Labute approximate surface area is 178 Å². The summed E-state index contributed by atoms with van der Waals surface area (Å²) in [4.78, 5) is 28.8. The Morgan fingerprint density at radius 3 is 2.73 bits per heavy atom. The van der Waals surface area contributed by atoms with Crippen LogP contribution in [0.2, 0.25) is 0 Å². The molecule has 0 radical (unpaired) electrons. The number of nitrogens with zero attached hydrogens (tertiary/aromatic N) is 3. The number of nitro groups is 1. The number of methoxy groups -OCH3 is 1. The molecule has 1 amide bonds. The Balaban J connectivity index is 2.20. The average molecular weight is 440 g/mol. The minimum atomic E-state index is -1.15. The summed E-state index contributed by atoms with van der Waals surface area (Å²) in [5, 5.41) is 21.4. The maximum absolute atomic E-state index is 15.0. The van der Waals surface area contributed by atoms with Gasteiger partial charge in [-0.1, -0.05) is 11.8 Å². The molecule has 2 aliphatic rings. The maximum atomic E-state index is 15.0. The van der Waals surface area contributed by atoms with Crippen LogP contribution in [-0.2, 0) is 10.3 Å². The number of carbonyl (C=O) groups is 1. The summed E-state index contributed by atoms with van der Waals surface area (Å²) in [6.07, 6.45) is 0.466. The van der Waals surface area contributed by atoms with Crippen LogP contribution in [0.3, 0.4) is 0 Å². The van der Waals surface area contributed by atoms with E-state index in [0.717, 1.165) is 12.1 Å². The summed E-state index contributed by atoms with van der Waals surface area (Å²) >= 11 is 1.32. The van der Waals surface area contributed by atoms with Crippen molar-refractivity contribution < 1.29 is 24.0 Å². The number of amides is 1. The molecule has 10 heteroatoms. The lowest BCUT2D eigenvalue weighted by Gasteiger charge is -2.48. The van der Waals surface area contributed by atoms with Crippen molar-refractivity contribution in [2.45, 2.75) is 57.2 Å². The van der Waals surface area contributed by atoms with Crippen LogP contribution in [0.25, 0.3) is 0 Å². The molecule has 0 unspecified atom stereocenters. The zero-order chi connectivity index (χ0) is 22.3. The van der Waals surface area contributed by atoms with Crippen molar-refractivity contribution in [3.05, 3.63) is 39.7 Å². The molecule has 0 spiro atoms. The topological polar surface area (TPSA) is 105 Å². The van der Waals surface area contributed by atoms with E-state index in [2.05, 4.69) is 0 Å². The largest absolute Gasteiger partial charge is 0.465 e. The van der Waals surface area contributed by atoms with Crippen molar-refractivity contribution in [3.8, 4) is 0 Å². The molecule has 1 aromatic rings. The standard InChI is InChI=1S/C20H26FN3O5S/c1-19(2,3)23(18(25)26)17-22-20(8-7-14(29-4)9-12(20)11-30-17)15-10-13(24(27)28)5-6-16(15)21/h5-6,10,12,14H,7-9,11H2,1-4H3,(H,25,26)/t12-,14+,20-/m0/s1. The number of rotatable bonds is 3. The smallest absolute Gasteiger partial charge is 0.413 e. The second-order valence-electron chi connectivity index (χ2n) is 8.67. The predicted molar refractivity (Wildman–Crippen MR) is 112 cm³/mol. The lowest BCUT2D eigenvalue weighted by atomic mass is 9.68. The van der Waals surface area contributed by atoms with E-state index in [1.165, 1.54) is 22.7 Å². The number of hydrogen-bond donors (Lipinski definition) is 1. The van der Waals surface area contributed by atoms with Crippen molar-refractivity contribution in [2.75, 3.05) is 12.9 Å². The Bertz CT molecular complexity index is 888. The van der Waals surface area contributed by atoms with Crippen molar-refractivity contribution in [1.82, 2.24) is 4.90 Å². The van der Waals surface area contributed by atoms with Crippen LogP contribution in [0.15, 0.2) is 23.2 Å². The Morgan fingerprint density at radius 2 is 2.17 bits per heavy atom. The number of hydrogen-bond acceptors (Lipinski definition) is 6. The first-order valence-electron chi connectivity index (χ1n) is 9.72. The fourth-order valence-electron chi connectivity index (χ4n) is 4.30. The first-order valence-corrected chi connectivity index (χ1v) is 10.7. The summed E-state index contributed by atoms with van der Waals surface area (Å²) in [7, 11) is 1.63. The van der Waals surface area contributed by atoms with Crippen LogP contribution < -0.4 is 0 Å². The van der Waals surface area contributed by atoms with Gasteiger partial charge in [-0.25, -0.2) is 9.18 Å². The molecule has 1 saturated carbocycles. The maximum Gasteiger partial charge on any atom is 0.413 e. The highest BCUT2D eigenvalue weighted by Crippen LogP contribution is 2.51. The minimum Gasteiger partial charge on any atom is -0.465 e. The number of non-ortho nitro benzene ring substituents is 1. The number of halogens is 1. The molecule has 1 N–H and O–H groups in total. The number of aliphatic imine (C=N–C) groups is 1.